The average molecular weight is 419 g/mol. The third-order valence-corrected chi connectivity index (χ3v) is 5.92. The first-order chi connectivity index (χ1) is 15.2. The van der Waals surface area contributed by atoms with Crippen molar-refractivity contribution in [2.24, 2.45) is 0 Å². The van der Waals surface area contributed by atoms with Crippen molar-refractivity contribution in [3.8, 4) is 11.3 Å². The van der Waals surface area contributed by atoms with Crippen molar-refractivity contribution in [1.29, 1.82) is 0 Å². The lowest BCUT2D eigenvalue weighted by atomic mass is 10.2. The molecule has 0 bridgehead atoms. The molecular weight excluding hydrogens is 394 g/mol. The zero-order chi connectivity index (χ0) is 21.4. The van der Waals surface area contributed by atoms with E-state index in [1.165, 1.54) is 19.2 Å². The highest BCUT2D eigenvalue weighted by Crippen LogP contribution is 2.38. The number of fused-ring (bicyclic) bond motifs is 1. The maximum Gasteiger partial charge on any atom is 0.343 e. The molecule has 1 aromatic carbocycles. The first-order valence-corrected chi connectivity index (χ1v) is 10.6. The number of benzene rings is 1. The number of hydrazine groups is 1. The van der Waals surface area contributed by atoms with Crippen LogP contribution in [0.4, 0.5) is 27.9 Å². The highest BCUT2D eigenvalue weighted by Gasteiger charge is 2.39. The number of carbonyl (C=O) groups is 1. The average Bonchev–Trinajstić information content (AvgIpc) is 3.51. The van der Waals surface area contributed by atoms with Crippen LogP contribution in [0, 0.1) is 0 Å². The van der Waals surface area contributed by atoms with E-state index < -0.39 is 0 Å². The Labute approximate surface area is 180 Å². The van der Waals surface area contributed by atoms with Gasteiger partial charge in [0.25, 0.3) is 0 Å². The van der Waals surface area contributed by atoms with Gasteiger partial charge in [-0.2, -0.15) is 4.98 Å². The number of carbonyl (C=O) groups excluding carboxylic acids is 1. The molecule has 1 saturated carbocycles. The minimum atomic E-state index is -0.0470. The summed E-state index contributed by atoms with van der Waals surface area (Å²) in [7, 11) is 1.77. The van der Waals surface area contributed by atoms with Crippen LogP contribution in [0.15, 0.2) is 47.5 Å². The summed E-state index contributed by atoms with van der Waals surface area (Å²) < 4.78 is 5.34. The normalized spacial score (nSPS) is 16.7. The number of nitrogens with one attached hydrogen (secondary N) is 1. The maximum absolute atomic E-state index is 12.9. The van der Waals surface area contributed by atoms with Gasteiger partial charge in [0.05, 0.1) is 18.4 Å². The fraction of sp³-hybridized carbons (Fsp3) is 0.364. The SMILES string of the molecule is CCN1C(=O)N(C)c2cnc(Nc3ccc(-c4cnco4)cc3)nc2N1C1CCCC1. The van der Waals surface area contributed by atoms with Gasteiger partial charge in [-0.1, -0.05) is 12.8 Å². The van der Waals surface area contributed by atoms with Gasteiger partial charge in [0.1, 0.15) is 5.69 Å². The summed E-state index contributed by atoms with van der Waals surface area (Å²) >= 11 is 0. The molecule has 2 amide bonds. The Morgan fingerprint density at radius 3 is 2.61 bits per heavy atom. The minimum Gasteiger partial charge on any atom is -0.444 e. The Morgan fingerprint density at radius 1 is 1.16 bits per heavy atom. The van der Waals surface area contributed by atoms with E-state index in [0.29, 0.717) is 12.5 Å². The molecule has 0 saturated heterocycles. The van der Waals surface area contributed by atoms with Crippen LogP contribution >= 0.6 is 0 Å². The third kappa shape index (κ3) is 3.45. The molecule has 3 aromatic rings. The quantitative estimate of drug-likeness (QED) is 0.654. The molecular formula is C22H25N7O2. The van der Waals surface area contributed by atoms with Gasteiger partial charge in [0.2, 0.25) is 5.95 Å². The summed E-state index contributed by atoms with van der Waals surface area (Å²) in [5.41, 5.74) is 2.54. The molecule has 5 rings (SSSR count). The second-order valence-corrected chi connectivity index (χ2v) is 7.81. The van der Waals surface area contributed by atoms with E-state index in [2.05, 4.69) is 20.3 Å². The Morgan fingerprint density at radius 2 is 1.94 bits per heavy atom. The Bertz CT molecular complexity index is 1060. The van der Waals surface area contributed by atoms with E-state index >= 15 is 0 Å². The summed E-state index contributed by atoms with van der Waals surface area (Å²) in [5, 5.41) is 7.16. The van der Waals surface area contributed by atoms with Crippen molar-refractivity contribution < 1.29 is 9.21 Å². The van der Waals surface area contributed by atoms with Crippen LogP contribution in [-0.4, -0.2) is 45.6 Å². The summed E-state index contributed by atoms with van der Waals surface area (Å²) in [4.78, 5) is 27.8. The summed E-state index contributed by atoms with van der Waals surface area (Å²) in [6, 6.07) is 8.04. The van der Waals surface area contributed by atoms with Gasteiger partial charge in [-0.25, -0.2) is 19.8 Å². The number of amides is 2. The number of rotatable bonds is 5. The van der Waals surface area contributed by atoms with Crippen molar-refractivity contribution in [2.75, 3.05) is 28.8 Å². The van der Waals surface area contributed by atoms with Gasteiger partial charge < -0.3 is 9.73 Å². The first-order valence-electron chi connectivity index (χ1n) is 10.6. The number of hydrogen-bond acceptors (Lipinski definition) is 7. The van der Waals surface area contributed by atoms with E-state index in [-0.39, 0.29) is 12.1 Å². The van der Waals surface area contributed by atoms with E-state index in [9.17, 15) is 4.79 Å². The summed E-state index contributed by atoms with van der Waals surface area (Å²) in [6.45, 7) is 2.59. The van der Waals surface area contributed by atoms with Gasteiger partial charge in [-0.3, -0.25) is 9.91 Å². The van der Waals surface area contributed by atoms with Crippen molar-refractivity contribution >= 4 is 29.2 Å². The van der Waals surface area contributed by atoms with Crippen molar-refractivity contribution in [3.05, 3.63) is 43.1 Å². The number of nitrogens with zero attached hydrogens (tertiary/aromatic N) is 6. The van der Waals surface area contributed by atoms with Gasteiger partial charge in [0, 0.05) is 24.8 Å². The van der Waals surface area contributed by atoms with E-state index in [1.807, 2.05) is 31.2 Å². The molecule has 3 heterocycles. The highest BCUT2D eigenvalue weighted by molar-refractivity contribution is 5.98. The molecule has 0 spiro atoms. The van der Waals surface area contributed by atoms with Crippen LogP contribution in [0.3, 0.4) is 0 Å². The van der Waals surface area contributed by atoms with Gasteiger partial charge in [0.15, 0.2) is 18.0 Å². The zero-order valence-electron chi connectivity index (χ0n) is 17.7. The van der Waals surface area contributed by atoms with E-state index in [0.717, 1.165) is 41.4 Å². The monoisotopic (exact) mass is 419 g/mol. The fourth-order valence-corrected chi connectivity index (χ4v) is 4.33. The van der Waals surface area contributed by atoms with E-state index in [1.54, 1.807) is 29.4 Å². The van der Waals surface area contributed by atoms with Crippen LogP contribution < -0.4 is 15.2 Å². The molecule has 1 aliphatic carbocycles. The molecule has 31 heavy (non-hydrogen) atoms. The molecule has 2 aliphatic rings. The predicted octanol–water partition coefficient (Wildman–Crippen LogP) is 4.43. The molecule has 160 valence electrons. The Kier molecular flexibility index (Phi) is 4.93. The number of oxazole rings is 1. The molecule has 9 nitrogen and oxygen atoms in total. The van der Waals surface area contributed by atoms with Gasteiger partial charge in [-0.05, 0) is 44.0 Å². The lowest BCUT2D eigenvalue weighted by molar-refractivity contribution is 0.191. The molecule has 2 aromatic heterocycles. The Balaban J connectivity index is 1.45. The standard InChI is InChI=1S/C22H25N7O2/c1-3-28-22(30)27(2)18-12-24-21(26-20(18)29(28)17-6-4-5-7-17)25-16-10-8-15(9-11-16)19-13-23-14-31-19/h8-14,17H,3-7H2,1-2H3,(H,24,25,26). The lowest BCUT2D eigenvalue weighted by Crippen LogP contribution is -2.59. The van der Waals surface area contributed by atoms with Gasteiger partial charge in [-0.15, -0.1) is 0 Å². The van der Waals surface area contributed by atoms with Crippen molar-refractivity contribution in [3.63, 3.8) is 0 Å². The van der Waals surface area contributed by atoms with Crippen molar-refractivity contribution in [2.45, 2.75) is 38.6 Å². The fourth-order valence-electron chi connectivity index (χ4n) is 4.33. The van der Waals surface area contributed by atoms with Crippen LogP contribution in [0.5, 0.6) is 0 Å². The lowest BCUT2D eigenvalue weighted by Gasteiger charge is -2.45. The number of hydrogen-bond donors (Lipinski definition) is 1. The second kappa shape index (κ2) is 7.90. The van der Waals surface area contributed by atoms with E-state index in [4.69, 9.17) is 9.40 Å². The molecule has 0 atom stereocenters. The van der Waals surface area contributed by atoms with Gasteiger partial charge >= 0.3 is 6.03 Å². The predicted molar refractivity (Wildman–Crippen MR) is 118 cm³/mol. The molecule has 0 radical (unpaired) electrons. The topological polar surface area (TPSA) is 90.6 Å². The maximum atomic E-state index is 12.9. The second-order valence-electron chi connectivity index (χ2n) is 7.81. The van der Waals surface area contributed by atoms with Crippen LogP contribution in [0.25, 0.3) is 11.3 Å². The molecule has 1 aliphatic heterocycles. The van der Waals surface area contributed by atoms with Crippen molar-refractivity contribution in [1.82, 2.24) is 20.0 Å². The number of anilines is 4. The third-order valence-electron chi connectivity index (χ3n) is 5.92. The molecule has 1 fully saturated rings. The minimum absolute atomic E-state index is 0.0470. The summed E-state index contributed by atoms with van der Waals surface area (Å²) in [6.07, 6.45) is 9.29. The highest BCUT2D eigenvalue weighted by atomic mass is 16.3. The molecule has 0 unspecified atom stereocenters. The zero-order valence-corrected chi connectivity index (χ0v) is 17.7. The van der Waals surface area contributed by atoms with Crippen LogP contribution in [-0.2, 0) is 0 Å². The number of urea groups is 1. The largest absolute Gasteiger partial charge is 0.444 e. The van der Waals surface area contributed by atoms with Crippen LogP contribution in [0.2, 0.25) is 0 Å². The summed E-state index contributed by atoms with van der Waals surface area (Å²) in [5.74, 6) is 1.98. The number of aromatic nitrogens is 3. The first kappa shape index (κ1) is 19.3. The smallest absolute Gasteiger partial charge is 0.343 e. The molecule has 1 N–H and O–H groups in total. The van der Waals surface area contributed by atoms with Crippen LogP contribution in [0.1, 0.15) is 32.6 Å². The molecule has 9 heteroatoms. The Hall–Kier alpha value is -3.62.